The molecule has 0 saturated carbocycles. The predicted molar refractivity (Wildman–Crippen MR) is 71.2 cm³/mol. The first-order valence-corrected chi connectivity index (χ1v) is 6.70. The predicted octanol–water partition coefficient (Wildman–Crippen LogP) is 1.51. The Balaban J connectivity index is 1.88. The highest BCUT2D eigenvalue weighted by Crippen LogP contribution is 2.12. The van der Waals surface area contributed by atoms with Gasteiger partial charge in [0.15, 0.2) is 0 Å². The number of rotatable bonds is 7. The van der Waals surface area contributed by atoms with Gasteiger partial charge in [-0.2, -0.15) is 0 Å². The second-order valence-electron chi connectivity index (χ2n) is 3.84. The lowest BCUT2D eigenvalue weighted by molar-refractivity contribution is 0.0972. The van der Waals surface area contributed by atoms with Crippen molar-refractivity contribution < 1.29 is 9.47 Å². The largest absolute Gasteiger partial charge is 0.385 e. The topological polar surface area (TPSA) is 53.4 Å². The lowest BCUT2D eigenvalue weighted by Crippen LogP contribution is -2.22. The Hall–Kier alpha value is -1.24. The highest BCUT2D eigenvalue weighted by Gasteiger charge is 2.04. The standard InChI is InChI=1S/C12H16N2O3S/c1-16-5-2-6-17-7-4-14-9-13-10-3-8-18-11(10)12(14)15/h3,8-9H,2,4-7H2,1H3. The van der Waals surface area contributed by atoms with Crippen molar-refractivity contribution in [2.24, 2.45) is 0 Å². The summed E-state index contributed by atoms with van der Waals surface area (Å²) in [5, 5.41) is 1.88. The number of fused-ring (bicyclic) bond motifs is 1. The second kappa shape index (κ2) is 6.63. The monoisotopic (exact) mass is 268 g/mol. The molecular weight excluding hydrogens is 252 g/mol. The van der Waals surface area contributed by atoms with Gasteiger partial charge in [-0.25, -0.2) is 4.98 Å². The molecule has 18 heavy (non-hydrogen) atoms. The van der Waals surface area contributed by atoms with Crippen molar-refractivity contribution in [3.8, 4) is 0 Å². The number of hydrogen-bond acceptors (Lipinski definition) is 5. The van der Waals surface area contributed by atoms with Gasteiger partial charge in [-0.1, -0.05) is 0 Å². The zero-order chi connectivity index (χ0) is 12.8. The second-order valence-corrected chi connectivity index (χ2v) is 4.75. The molecule has 6 heteroatoms. The first-order chi connectivity index (χ1) is 8.83. The molecule has 0 amide bonds. The van der Waals surface area contributed by atoms with Crippen LogP contribution in [-0.2, 0) is 16.0 Å². The minimum Gasteiger partial charge on any atom is -0.385 e. The summed E-state index contributed by atoms with van der Waals surface area (Å²) in [7, 11) is 1.67. The van der Waals surface area contributed by atoms with Gasteiger partial charge in [0.05, 0.1) is 25.0 Å². The van der Waals surface area contributed by atoms with Crippen LogP contribution in [0, 0.1) is 0 Å². The van der Waals surface area contributed by atoms with E-state index in [4.69, 9.17) is 9.47 Å². The van der Waals surface area contributed by atoms with Gasteiger partial charge in [0.25, 0.3) is 5.56 Å². The fraction of sp³-hybridized carbons (Fsp3) is 0.500. The van der Waals surface area contributed by atoms with E-state index >= 15 is 0 Å². The van der Waals surface area contributed by atoms with Crippen LogP contribution in [0.25, 0.3) is 10.2 Å². The smallest absolute Gasteiger partial charge is 0.271 e. The first-order valence-electron chi connectivity index (χ1n) is 5.82. The SMILES string of the molecule is COCCCOCCn1cnc2ccsc2c1=O. The fourth-order valence-electron chi connectivity index (χ4n) is 1.61. The Morgan fingerprint density at radius 1 is 1.39 bits per heavy atom. The number of ether oxygens (including phenoxy) is 2. The Labute approximate surface area is 109 Å². The zero-order valence-electron chi connectivity index (χ0n) is 10.3. The third kappa shape index (κ3) is 3.16. The Morgan fingerprint density at radius 2 is 2.28 bits per heavy atom. The number of aromatic nitrogens is 2. The molecule has 0 aliphatic heterocycles. The Morgan fingerprint density at radius 3 is 3.11 bits per heavy atom. The first kappa shape index (κ1) is 13.2. The van der Waals surface area contributed by atoms with Gasteiger partial charge < -0.3 is 9.47 Å². The molecule has 98 valence electrons. The average molecular weight is 268 g/mol. The number of thiophene rings is 1. The van der Waals surface area contributed by atoms with E-state index in [1.807, 2.05) is 11.4 Å². The molecular formula is C12H16N2O3S. The molecule has 0 fully saturated rings. The molecule has 5 nitrogen and oxygen atoms in total. The number of methoxy groups -OCH3 is 1. The van der Waals surface area contributed by atoms with Gasteiger partial charge in [-0.3, -0.25) is 9.36 Å². The summed E-state index contributed by atoms with van der Waals surface area (Å²) in [6.07, 6.45) is 2.45. The highest BCUT2D eigenvalue weighted by molar-refractivity contribution is 7.17. The summed E-state index contributed by atoms with van der Waals surface area (Å²) in [6.45, 7) is 2.40. The summed E-state index contributed by atoms with van der Waals surface area (Å²) in [4.78, 5) is 16.2. The quantitative estimate of drug-likeness (QED) is 0.714. The molecule has 0 N–H and O–H groups in total. The minimum absolute atomic E-state index is 0.00971. The van der Waals surface area contributed by atoms with Crippen LogP contribution in [0.2, 0.25) is 0 Å². The van der Waals surface area contributed by atoms with E-state index in [0.717, 1.165) is 11.9 Å². The van der Waals surface area contributed by atoms with Crippen molar-refractivity contribution in [2.45, 2.75) is 13.0 Å². The van der Waals surface area contributed by atoms with Crippen molar-refractivity contribution in [3.05, 3.63) is 28.1 Å². The van der Waals surface area contributed by atoms with Gasteiger partial charge in [0, 0.05) is 20.3 Å². The summed E-state index contributed by atoms with van der Waals surface area (Å²) in [5.41, 5.74) is 0.776. The fourth-order valence-corrected chi connectivity index (χ4v) is 2.40. The molecule has 2 rings (SSSR count). The summed E-state index contributed by atoms with van der Waals surface area (Å²) in [6, 6.07) is 1.85. The van der Waals surface area contributed by atoms with Crippen LogP contribution in [0.5, 0.6) is 0 Å². The maximum atomic E-state index is 12.0. The molecule has 2 heterocycles. The third-order valence-corrected chi connectivity index (χ3v) is 3.44. The van der Waals surface area contributed by atoms with Crippen LogP contribution in [0.4, 0.5) is 0 Å². The van der Waals surface area contributed by atoms with Gasteiger partial charge in [0.2, 0.25) is 0 Å². The van der Waals surface area contributed by atoms with E-state index in [1.54, 1.807) is 18.0 Å². The van der Waals surface area contributed by atoms with Crippen LogP contribution >= 0.6 is 11.3 Å². The molecule has 0 bridgehead atoms. The number of hydrogen-bond donors (Lipinski definition) is 0. The molecule has 0 unspecified atom stereocenters. The molecule has 0 saturated heterocycles. The third-order valence-electron chi connectivity index (χ3n) is 2.55. The van der Waals surface area contributed by atoms with Crippen molar-refractivity contribution in [3.63, 3.8) is 0 Å². The van der Waals surface area contributed by atoms with Gasteiger partial charge in [0.1, 0.15) is 4.70 Å². The molecule has 2 aromatic heterocycles. The zero-order valence-corrected chi connectivity index (χ0v) is 11.1. The lowest BCUT2D eigenvalue weighted by atomic mass is 10.4. The molecule has 0 aliphatic rings. The molecule has 0 aliphatic carbocycles. The summed E-state index contributed by atoms with van der Waals surface area (Å²) < 4.78 is 12.6. The maximum Gasteiger partial charge on any atom is 0.271 e. The summed E-state index contributed by atoms with van der Waals surface area (Å²) >= 11 is 1.43. The molecule has 0 aromatic carbocycles. The number of nitrogens with zero attached hydrogens (tertiary/aromatic N) is 2. The van der Waals surface area contributed by atoms with Gasteiger partial charge >= 0.3 is 0 Å². The normalized spacial score (nSPS) is 11.2. The Kier molecular flexibility index (Phi) is 4.86. The van der Waals surface area contributed by atoms with Crippen molar-refractivity contribution in [2.75, 3.05) is 26.9 Å². The van der Waals surface area contributed by atoms with Crippen LogP contribution in [-0.4, -0.2) is 36.5 Å². The average Bonchev–Trinajstić information content (AvgIpc) is 2.85. The molecule has 2 aromatic rings. The molecule has 0 radical (unpaired) electrons. The van der Waals surface area contributed by atoms with E-state index in [0.29, 0.717) is 31.1 Å². The van der Waals surface area contributed by atoms with Crippen LogP contribution < -0.4 is 5.56 Å². The minimum atomic E-state index is 0.00971. The molecule has 0 atom stereocenters. The van der Waals surface area contributed by atoms with Crippen LogP contribution in [0.15, 0.2) is 22.6 Å². The van der Waals surface area contributed by atoms with E-state index in [-0.39, 0.29) is 5.56 Å². The van der Waals surface area contributed by atoms with E-state index in [1.165, 1.54) is 11.3 Å². The van der Waals surface area contributed by atoms with E-state index in [9.17, 15) is 4.79 Å². The van der Waals surface area contributed by atoms with E-state index < -0.39 is 0 Å². The Bertz CT molecular complexity index is 549. The molecule has 0 spiro atoms. The summed E-state index contributed by atoms with van der Waals surface area (Å²) in [5.74, 6) is 0. The van der Waals surface area contributed by atoms with E-state index in [2.05, 4.69) is 4.98 Å². The van der Waals surface area contributed by atoms with Gasteiger partial charge in [-0.15, -0.1) is 11.3 Å². The van der Waals surface area contributed by atoms with Crippen molar-refractivity contribution in [1.82, 2.24) is 9.55 Å². The van der Waals surface area contributed by atoms with Crippen molar-refractivity contribution in [1.29, 1.82) is 0 Å². The van der Waals surface area contributed by atoms with Crippen LogP contribution in [0.1, 0.15) is 6.42 Å². The lowest BCUT2D eigenvalue weighted by Gasteiger charge is -2.06. The van der Waals surface area contributed by atoms with Gasteiger partial charge in [-0.05, 0) is 17.9 Å². The van der Waals surface area contributed by atoms with Crippen LogP contribution in [0.3, 0.4) is 0 Å². The van der Waals surface area contributed by atoms with Crippen molar-refractivity contribution >= 4 is 21.6 Å². The maximum absolute atomic E-state index is 12.0. The highest BCUT2D eigenvalue weighted by atomic mass is 32.1.